The molecule has 6 heteroatoms. The summed E-state index contributed by atoms with van der Waals surface area (Å²) >= 11 is 3.09. The minimum atomic E-state index is -4.57. The minimum absolute atomic E-state index is 0.244. The van der Waals surface area contributed by atoms with Crippen molar-refractivity contribution in [2.45, 2.75) is 37.3 Å². The minimum Gasteiger partial charge on any atom is -0.507 e. The highest BCUT2D eigenvalue weighted by Crippen LogP contribution is 2.48. The Hall–Kier alpha value is -0.750. The second-order valence-corrected chi connectivity index (χ2v) is 5.95. The molecule has 1 saturated carbocycles. The normalized spacial score (nSPS) is 18.8. The Morgan fingerprint density at radius 1 is 1.26 bits per heavy atom. The van der Waals surface area contributed by atoms with E-state index in [1.807, 2.05) is 0 Å². The van der Waals surface area contributed by atoms with Gasteiger partial charge in [0.2, 0.25) is 0 Å². The van der Waals surface area contributed by atoms with Crippen LogP contribution in [0.15, 0.2) is 16.6 Å². The first-order chi connectivity index (χ1) is 8.80. The molecule has 0 aliphatic heterocycles. The number of phenols is 1. The van der Waals surface area contributed by atoms with Gasteiger partial charge in [0, 0.05) is 22.0 Å². The molecular formula is C13H15BrF3NO. The lowest BCUT2D eigenvalue weighted by Gasteiger charge is -2.30. The number of phenolic OH excluding ortho intramolecular Hbond substituents is 1. The Morgan fingerprint density at radius 2 is 1.84 bits per heavy atom. The highest BCUT2D eigenvalue weighted by atomic mass is 79.9. The first kappa shape index (κ1) is 14.7. The van der Waals surface area contributed by atoms with Gasteiger partial charge in [0.25, 0.3) is 0 Å². The molecule has 19 heavy (non-hydrogen) atoms. The van der Waals surface area contributed by atoms with Crippen LogP contribution in [0.1, 0.15) is 36.8 Å². The number of alkyl halides is 3. The average molecular weight is 338 g/mol. The average Bonchev–Trinajstić information content (AvgIpc) is 2.80. The van der Waals surface area contributed by atoms with Gasteiger partial charge < -0.3 is 10.8 Å². The van der Waals surface area contributed by atoms with Crippen molar-refractivity contribution in [1.82, 2.24) is 0 Å². The third-order valence-corrected chi connectivity index (χ3v) is 4.36. The van der Waals surface area contributed by atoms with Gasteiger partial charge >= 0.3 is 6.18 Å². The molecule has 106 valence electrons. The number of aromatic hydroxyl groups is 1. The third-order valence-electron chi connectivity index (χ3n) is 3.90. The summed E-state index contributed by atoms with van der Waals surface area (Å²) in [4.78, 5) is 0. The molecule has 0 atom stereocenters. The molecule has 0 bridgehead atoms. The number of hydrogen-bond acceptors (Lipinski definition) is 2. The summed E-state index contributed by atoms with van der Waals surface area (Å²) < 4.78 is 39.0. The molecule has 0 radical (unpaired) electrons. The van der Waals surface area contributed by atoms with Crippen molar-refractivity contribution in [2.75, 3.05) is 6.54 Å². The maximum absolute atomic E-state index is 12.9. The van der Waals surface area contributed by atoms with E-state index < -0.39 is 22.9 Å². The number of nitrogens with two attached hydrogens (primary N) is 1. The predicted molar refractivity (Wildman–Crippen MR) is 70.0 cm³/mol. The SMILES string of the molecule is NCC1(c2cc(Br)cc(C(F)(F)F)c2O)CCCC1. The number of halogens is 4. The van der Waals surface area contributed by atoms with Crippen LogP contribution in [-0.2, 0) is 11.6 Å². The fraction of sp³-hybridized carbons (Fsp3) is 0.538. The van der Waals surface area contributed by atoms with Gasteiger partial charge in [0.15, 0.2) is 0 Å². The quantitative estimate of drug-likeness (QED) is 0.858. The van der Waals surface area contributed by atoms with Gasteiger partial charge in [0.1, 0.15) is 5.75 Å². The van der Waals surface area contributed by atoms with E-state index in [1.165, 1.54) is 0 Å². The summed E-state index contributed by atoms with van der Waals surface area (Å²) in [5.74, 6) is -0.678. The Kier molecular flexibility index (Phi) is 3.84. The predicted octanol–water partition coefficient (Wildman–Crippen LogP) is 3.94. The van der Waals surface area contributed by atoms with Gasteiger partial charge in [-0.25, -0.2) is 0 Å². The van der Waals surface area contributed by atoms with E-state index in [0.717, 1.165) is 18.9 Å². The van der Waals surface area contributed by atoms with Gasteiger partial charge in [-0.15, -0.1) is 0 Å². The smallest absolute Gasteiger partial charge is 0.420 e. The van der Waals surface area contributed by atoms with Crippen LogP contribution in [0.3, 0.4) is 0 Å². The number of rotatable bonds is 2. The number of benzene rings is 1. The molecule has 0 heterocycles. The fourth-order valence-electron chi connectivity index (χ4n) is 2.85. The summed E-state index contributed by atoms with van der Waals surface area (Å²) in [7, 11) is 0. The topological polar surface area (TPSA) is 46.2 Å². The lowest BCUT2D eigenvalue weighted by molar-refractivity contribution is -0.138. The van der Waals surface area contributed by atoms with Gasteiger partial charge in [0.05, 0.1) is 5.56 Å². The van der Waals surface area contributed by atoms with Crippen LogP contribution in [-0.4, -0.2) is 11.7 Å². The van der Waals surface area contributed by atoms with Crippen LogP contribution in [0.4, 0.5) is 13.2 Å². The molecule has 1 aromatic rings. The second-order valence-electron chi connectivity index (χ2n) is 5.04. The summed E-state index contributed by atoms with van der Waals surface area (Å²) in [5.41, 5.74) is 4.55. The van der Waals surface area contributed by atoms with E-state index in [1.54, 1.807) is 6.07 Å². The molecule has 3 N–H and O–H groups in total. The molecular weight excluding hydrogens is 323 g/mol. The van der Waals surface area contributed by atoms with Gasteiger partial charge in [-0.1, -0.05) is 28.8 Å². The molecule has 1 aliphatic rings. The Labute approximate surface area is 117 Å². The van der Waals surface area contributed by atoms with Gasteiger partial charge in [-0.05, 0) is 25.0 Å². The highest BCUT2D eigenvalue weighted by molar-refractivity contribution is 9.10. The van der Waals surface area contributed by atoms with Crippen LogP contribution in [0, 0.1) is 0 Å². The monoisotopic (exact) mass is 337 g/mol. The molecule has 0 spiro atoms. The van der Waals surface area contributed by atoms with Crippen molar-refractivity contribution < 1.29 is 18.3 Å². The molecule has 1 aliphatic carbocycles. The van der Waals surface area contributed by atoms with E-state index in [2.05, 4.69) is 15.9 Å². The van der Waals surface area contributed by atoms with Crippen molar-refractivity contribution in [1.29, 1.82) is 0 Å². The van der Waals surface area contributed by atoms with Gasteiger partial charge in [-0.3, -0.25) is 0 Å². The van der Waals surface area contributed by atoms with Crippen LogP contribution < -0.4 is 5.73 Å². The lowest BCUT2D eigenvalue weighted by atomic mass is 9.78. The zero-order valence-corrected chi connectivity index (χ0v) is 11.8. The molecule has 0 aromatic heterocycles. The maximum Gasteiger partial charge on any atom is 0.420 e. The Balaban J connectivity index is 2.61. The standard InChI is InChI=1S/C13H15BrF3NO/c14-8-5-9(12(7-18)3-1-2-4-12)11(19)10(6-8)13(15,16)17/h5-6,19H,1-4,7,18H2. The zero-order chi connectivity index (χ0) is 14.3. The molecule has 0 unspecified atom stereocenters. The van der Waals surface area contributed by atoms with Crippen LogP contribution in [0.2, 0.25) is 0 Å². The van der Waals surface area contributed by atoms with Crippen LogP contribution in [0.25, 0.3) is 0 Å². The summed E-state index contributed by atoms with van der Waals surface area (Å²) in [6.45, 7) is 0.244. The zero-order valence-electron chi connectivity index (χ0n) is 10.2. The van der Waals surface area contributed by atoms with Gasteiger partial charge in [-0.2, -0.15) is 13.2 Å². The summed E-state index contributed by atoms with van der Waals surface area (Å²) in [6, 6.07) is 2.46. The van der Waals surface area contributed by atoms with E-state index in [9.17, 15) is 18.3 Å². The van der Waals surface area contributed by atoms with Crippen molar-refractivity contribution in [2.24, 2.45) is 5.73 Å². The van der Waals surface area contributed by atoms with E-state index >= 15 is 0 Å². The largest absolute Gasteiger partial charge is 0.507 e. The van der Waals surface area contributed by atoms with Crippen LogP contribution >= 0.6 is 15.9 Å². The van der Waals surface area contributed by atoms with Crippen molar-refractivity contribution >= 4 is 15.9 Å². The van der Waals surface area contributed by atoms with E-state index in [4.69, 9.17) is 5.73 Å². The Morgan fingerprint density at radius 3 is 2.32 bits per heavy atom. The first-order valence-electron chi connectivity index (χ1n) is 6.10. The fourth-order valence-corrected chi connectivity index (χ4v) is 3.31. The van der Waals surface area contributed by atoms with E-state index in [0.29, 0.717) is 22.9 Å². The first-order valence-corrected chi connectivity index (χ1v) is 6.90. The van der Waals surface area contributed by atoms with E-state index in [-0.39, 0.29) is 6.54 Å². The molecule has 1 fully saturated rings. The Bertz CT molecular complexity index is 482. The molecule has 2 nitrogen and oxygen atoms in total. The summed E-state index contributed by atoms with van der Waals surface area (Å²) in [5, 5.41) is 10.0. The highest BCUT2D eigenvalue weighted by Gasteiger charge is 2.41. The maximum atomic E-state index is 12.9. The van der Waals surface area contributed by atoms with Crippen molar-refractivity contribution in [3.63, 3.8) is 0 Å². The third kappa shape index (κ3) is 2.60. The molecule has 0 amide bonds. The lowest BCUT2D eigenvalue weighted by Crippen LogP contribution is -2.32. The van der Waals surface area contributed by atoms with Crippen molar-refractivity contribution in [3.05, 3.63) is 27.7 Å². The van der Waals surface area contributed by atoms with Crippen LogP contribution in [0.5, 0.6) is 5.75 Å². The number of hydrogen-bond donors (Lipinski definition) is 2. The summed E-state index contributed by atoms with van der Waals surface area (Å²) in [6.07, 6.45) is -1.30. The van der Waals surface area contributed by atoms with Crippen molar-refractivity contribution in [3.8, 4) is 5.75 Å². The second kappa shape index (κ2) is 4.98. The molecule has 1 aromatic carbocycles. The molecule has 0 saturated heterocycles. The molecule has 2 rings (SSSR count).